The lowest BCUT2D eigenvalue weighted by Crippen LogP contribution is -2.04. The van der Waals surface area contributed by atoms with E-state index in [0.717, 1.165) is 16.7 Å². The summed E-state index contributed by atoms with van der Waals surface area (Å²) in [5.41, 5.74) is 6.27. The van der Waals surface area contributed by atoms with Crippen LogP contribution in [0.5, 0.6) is 0 Å². The molecule has 3 heteroatoms. The van der Waals surface area contributed by atoms with Crippen molar-refractivity contribution in [2.45, 2.75) is 33.1 Å². The molecule has 2 aromatic rings. The first-order valence-electron chi connectivity index (χ1n) is 6.49. The second-order valence-corrected chi connectivity index (χ2v) is 5.99. The number of alkyl halides is 1. The van der Waals surface area contributed by atoms with Crippen LogP contribution in [-0.2, 0) is 0 Å². The van der Waals surface area contributed by atoms with Gasteiger partial charge in [-0.1, -0.05) is 29.8 Å². The highest BCUT2D eigenvalue weighted by Gasteiger charge is 2.21. The van der Waals surface area contributed by atoms with Crippen molar-refractivity contribution in [1.82, 2.24) is 0 Å². The smallest absolute Gasteiger partial charge is 0.142 e. The Morgan fingerprint density at radius 3 is 2.10 bits per heavy atom. The minimum absolute atomic E-state index is 0.102. The summed E-state index contributed by atoms with van der Waals surface area (Å²) in [5.74, 6) is -0.436. The average molecular weight is 311 g/mol. The van der Waals surface area contributed by atoms with Gasteiger partial charge < -0.3 is 0 Å². The van der Waals surface area contributed by atoms with Gasteiger partial charge in [0.05, 0.1) is 10.4 Å². The maximum Gasteiger partial charge on any atom is 0.142 e. The molecular formula is C17H17Cl2F. The highest BCUT2D eigenvalue weighted by Crippen LogP contribution is 2.39. The molecule has 0 saturated heterocycles. The van der Waals surface area contributed by atoms with Gasteiger partial charge in [-0.2, -0.15) is 0 Å². The molecule has 106 valence electrons. The lowest BCUT2D eigenvalue weighted by molar-refractivity contribution is 0.626. The second-order valence-electron chi connectivity index (χ2n) is 5.18. The lowest BCUT2D eigenvalue weighted by atomic mass is 9.90. The van der Waals surface area contributed by atoms with Crippen LogP contribution in [0.2, 0.25) is 5.02 Å². The van der Waals surface area contributed by atoms with Gasteiger partial charge in [0, 0.05) is 0 Å². The van der Waals surface area contributed by atoms with E-state index in [1.165, 1.54) is 17.2 Å². The summed E-state index contributed by atoms with van der Waals surface area (Å²) in [4.78, 5) is 0. The van der Waals surface area contributed by atoms with E-state index in [4.69, 9.17) is 23.2 Å². The normalized spacial score (nSPS) is 12.6. The van der Waals surface area contributed by atoms with E-state index in [1.54, 1.807) is 12.1 Å². The van der Waals surface area contributed by atoms with Crippen LogP contribution >= 0.6 is 23.2 Å². The Balaban J connectivity index is 2.65. The highest BCUT2D eigenvalue weighted by atomic mass is 35.5. The minimum Gasteiger partial charge on any atom is -0.205 e. The maximum atomic E-state index is 13.6. The van der Waals surface area contributed by atoms with Gasteiger partial charge in [-0.3, -0.25) is 0 Å². The summed E-state index contributed by atoms with van der Waals surface area (Å²) in [7, 11) is 0. The van der Waals surface area contributed by atoms with E-state index in [2.05, 4.69) is 19.9 Å². The summed E-state index contributed by atoms with van der Waals surface area (Å²) >= 11 is 12.7. The topological polar surface area (TPSA) is 0 Å². The van der Waals surface area contributed by atoms with Crippen LogP contribution in [0.25, 0.3) is 0 Å². The summed E-state index contributed by atoms with van der Waals surface area (Å²) in [6.07, 6.45) is 0. The zero-order chi connectivity index (χ0) is 15.0. The Labute approximate surface area is 129 Å². The summed E-state index contributed by atoms with van der Waals surface area (Å²) in [5, 5.41) is -0.345. The summed E-state index contributed by atoms with van der Waals surface area (Å²) in [6, 6.07) is 6.90. The molecule has 0 aliphatic heterocycles. The largest absolute Gasteiger partial charge is 0.205 e. The average Bonchev–Trinajstić information content (AvgIpc) is 2.40. The first kappa shape index (κ1) is 15.3. The van der Waals surface area contributed by atoms with Gasteiger partial charge >= 0.3 is 0 Å². The van der Waals surface area contributed by atoms with Crippen molar-refractivity contribution in [2.24, 2.45) is 0 Å². The maximum absolute atomic E-state index is 13.6. The molecule has 0 N–H and O–H groups in total. The van der Waals surface area contributed by atoms with E-state index < -0.39 is 11.2 Å². The molecule has 2 aromatic carbocycles. The van der Waals surface area contributed by atoms with Crippen LogP contribution in [0.3, 0.4) is 0 Å². The molecule has 2 rings (SSSR count). The lowest BCUT2D eigenvalue weighted by Gasteiger charge is -2.21. The molecule has 0 aromatic heterocycles. The van der Waals surface area contributed by atoms with Crippen LogP contribution in [-0.4, -0.2) is 0 Å². The predicted octanol–water partition coefficient (Wildman–Crippen LogP) is 6.04. The first-order valence-corrected chi connectivity index (χ1v) is 7.31. The zero-order valence-electron chi connectivity index (χ0n) is 12.0. The van der Waals surface area contributed by atoms with Crippen molar-refractivity contribution in [1.29, 1.82) is 0 Å². The molecule has 0 fully saturated rings. The predicted molar refractivity (Wildman–Crippen MR) is 84.5 cm³/mol. The molecule has 0 bridgehead atoms. The molecule has 0 spiro atoms. The number of hydrogen-bond acceptors (Lipinski definition) is 0. The van der Waals surface area contributed by atoms with Crippen molar-refractivity contribution in [3.8, 4) is 0 Å². The molecule has 0 radical (unpaired) electrons. The molecule has 0 nitrogen and oxygen atoms in total. The van der Waals surface area contributed by atoms with Gasteiger partial charge in [0.25, 0.3) is 0 Å². The Bertz CT molecular complexity index is 636. The van der Waals surface area contributed by atoms with Gasteiger partial charge in [-0.15, -0.1) is 11.6 Å². The number of benzene rings is 2. The number of hydrogen-bond donors (Lipinski definition) is 0. The third-order valence-corrected chi connectivity index (χ3v) is 4.78. The van der Waals surface area contributed by atoms with Crippen LogP contribution in [0, 0.1) is 33.5 Å². The number of halogens is 3. The molecule has 0 aliphatic rings. The van der Waals surface area contributed by atoms with E-state index in [0.29, 0.717) is 5.56 Å². The Kier molecular flexibility index (Phi) is 4.41. The molecular weight excluding hydrogens is 294 g/mol. The quantitative estimate of drug-likeness (QED) is 0.593. The fourth-order valence-corrected chi connectivity index (χ4v) is 3.30. The fraction of sp³-hybridized carbons (Fsp3) is 0.294. The summed E-state index contributed by atoms with van der Waals surface area (Å²) < 4.78 is 13.6. The van der Waals surface area contributed by atoms with Gasteiger partial charge in [0.1, 0.15) is 5.82 Å². The third kappa shape index (κ3) is 2.57. The first-order chi connectivity index (χ1) is 9.34. The van der Waals surface area contributed by atoms with E-state index in [1.807, 2.05) is 13.8 Å². The summed E-state index contributed by atoms with van der Waals surface area (Å²) in [6.45, 7) is 8.20. The molecule has 0 heterocycles. The van der Waals surface area contributed by atoms with Gasteiger partial charge in [0.15, 0.2) is 0 Å². The highest BCUT2D eigenvalue weighted by molar-refractivity contribution is 6.33. The van der Waals surface area contributed by atoms with Crippen molar-refractivity contribution >= 4 is 23.2 Å². The van der Waals surface area contributed by atoms with Crippen LogP contribution in [0.4, 0.5) is 4.39 Å². The molecule has 20 heavy (non-hydrogen) atoms. The standard InChI is InChI=1S/C17H17Cl2F/c1-9-8-10(2)12(4)15(11(9)3)17(19)13-6-5-7-14(20)16(13)18/h5-8,17H,1-4H3. The third-order valence-electron chi connectivity index (χ3n) is 3.93. The van der Waals surface area contributed by atoms with Gasteiger partial charge in [-0.25, -0.2) is 4.39 Å². The second kappa shape index (κ2) is 5.75. The van der Waals surface area contributed by atoms with E-state index in [-0.39, 0.29) is 5.02 Å². The molecule has 0 amide bonds. The zero-order valence-corrected chi connectivity index (χ0v) is 13.5. The molecule has 0 saturated carbocycles. The Morgan fingerprint density at radius 2 is 1.55 bits per heavy atom. The minimum atomic E-state index is -0.447. The van der Waals surface area contributed by atoms with Crippen molar-refractivity contribution < 1.29 is 4.39 Å². The molecule has 0 aliphatic carbocycles. The SMILES string of the molecule is Cc1cc(C)c(C)c(C(Cl)c2cccc(F)c2Cl)c1C. The van der Waals surface area contributed by atoms with Crippen LogP contribution < -0.4 is 0 Å². The fourth-order valence-electron chi connectivity index (χ4n) is 2.50. The van der Waals surface area contributed by atoms with Crippen molar-refractivity contribution in [3.05, 3.63) is 68.5 Å². The van der Waals surface area contributed by atoms with Crippen LogP contribution in [0.1, 0.15) is 38.8 Å². The monoisotopic (exact) mass is 310 g/mol. The van der Waals surface area contributed by atoms with Crippen LogP contribution in [0.15, 0.2) is 24.3 Å². The molecule has 1 atom stereocenters. The Morgan fingerprint density at radius 1 is 1.00 bits per heavy atom. The van der Waals surface area contributed by atoms with E-state index >= 15 is 0 Å². The van der Waals surface area contributed by atoms with E-state index in [9.17, 15) is 4.39 Å². The molecule has 1 unspecified atom stereocenters. The van der Waals surface area contributed by atoms with Gasteiger partial charge in [-0.05, 0) is 67.1 Å². The van der Waals surface area contributed by atoms with Crippen molar-refractivity contribution in [3.63, 3.8) is 0 Å². The van der Waals surface area contributed by atoms with Gasteiger partial charge in [0.2, 0.25) is 0 Å². The Hall–Kier alpha value is -1.05. The van der Waals surface area contributed by atoms with Crippen molar-refractivity contribution in [2.75, 3.05) is 0 Å². The number of aryl methyl sites for hydroxylation is 2. The number of rotatable bonds is 2.